The van der Waals surface area contributed by atoms with E-state index in [-0.39, 0.29) is 24.8 Å². The predicted molar refractivity (Wildman–Crippen MR) is 120 cm³/mol. The monoisotopic (exact) mass is 458 g/mol. The van der Waals surface area contributed by atoms with E-state index in [2.05, 4.69) is 19.8 Å². The molecule has 1 unspecified atom stereocenters. The van der Waals surface area contributed by atoms with Crippen LogP contribution in [0.25, 0.3) is 0 Å². The van der Waals surface area contributed by atoms with Crippen LogP contribution in [0.2, 0.25) is 0 Å². The van der Waals surface area contributed by atoms with Gasteiger partial charge in [-0.1, -0.05) is 0 Å². The molecule has 0 saturated carbocycles. The number of carbonyl (C=O) groups is 1. The number of fused-ring (bicyclic) bond motifs is 1. The highest BCUT2D eigenvalue weighted by Crippen LogP contribution is 2.42. The van der Waals surface area contributed by atoms with Gasteiger partial charge in [-0.2, -0.15) is 0 Å². The van der Waals surface area contributed by atoms with Gasteiger partial charge in [0.15, 0.2) is 11.5 Å². The molecular weight excluding hydrogens is 428 g/mol. The third-order valence-electron chi connectivity index (χ3n) is 6.59. The number of methoxy groups -OCH3 is 1. The van der Waals surface area contributed by atoms with Gasteiger partial charge in [-0.25, -0.2) is 4.98 Å². The van der Waals surface area contributed by atoms with Gasteiger partial charge in [-0.05, 0) is 43.8 Å². The van der Waals surface area contributed by atoms with Gasteiger partial charge in [0.1, 0.15) is 11.6 Å². The van der Waals surface area contributed by atoms with E-state index < -0.39 is 0 Å². The summed E-state index contributed by atoms with van der Waals surface area (Å²) in [6.07, 6.45) is 7.80. The van der Waals surface area contributed by atoms with Crippen LogP contribution in [-0.2, 0) is 11.3 Å². The highest BCUT2D eigenvalue weighted by atomic mass is 16.7. The molecule has 0 bridgehead atoms. The molecule has 2 saturated heterocycles. The minimum absolute atomic E-state index is 0.116. The van der Waals surface area contributed by atoms with E-state index in [9.17, 15) is 5.11 Å². The van der Waals surface area contributed by atoms with Gasteiger partial charge in [-0.15, -0.1) is 0 Å². The van der Waals surface area contributed by atoms with Crippen molar-refractivity contribution < 1.29 is 29.2 Å². The molecule has 10 heteroatoms. The fraction of sp³-hybridized carbons (Fsp3) is 0.522. The third-order valence-corrected chi connectivity index (χ3v) is 6.59. The molecule has 178 valence electrons. The number of likely N-dealkylation sites (tertiary alicyclic amines) is 1. The number of piperidine rings is 2. The lowest BCUT2D eigenvalue weighted by Gasteiger charge is -2.49. The first-order valence-electron chi connectivity index (χ1n) is 11.0. The second-order valence-corrected chi connectivity index (χ2v) is 8.70. The smallest absolute Gasteiger partial charge is 0.290 e. The van der Waals surface area contributed by atoms with E-state index in [1.165, 1.54) is 0 Å². The fourth-order valence-corrected chi connectivity index (χ4v) is 5.05. The molecule has 3 aliphatic heterocycles. The number of aliphatic hydroxyl groups is 1. The Morgan fingerprint density at radius 1 is 1.24 bits per heavy atom. The first kappa shape index (κ1) is 23.1. The lowest BCUT2D eigenvalue weighted by Crippen LogP contribution is -2.54. The van der Waals surface area contributed by atoms with Gasteiger partial charge in [0.25, 0.3) is 6.47 Å². The number of β-amino-alcohol motifs (C(OH)–C–C–N with tert-alkyl or cyclic N) is 1. The average molecular weight is 459 g/mol. The lowest BCUT2D eigenvalue weighted by molar-refractivity contribution is -0.122. The zero-order valence-corrected chi connectivity index (χ0v) is 18.7. The zero-order chi connectivity index (χ0) is 23.3. The van der Waals surface area contributed by atoms with Crippen molar-refractivity contribution in [3.8, 4) is 17.2 Å². The first-order valence-corrected chi connectivity index (χ1v) is 11.0. The number of nitrogens with zero attached hydrogens (tertiary/aromatic N) is 4. The van der Waals surface area contributed by atoms with Crippen LogP contribution in [0.1, 0.15) is 24.8 Å². The van der Waals surface area contributed by atoms with Crippen LogP contribution in [0.3, 0.4) is 0 Å². The van der Waals surface area contributed by atoms with Crippen molar-refractivity contribution in [1.82, 2.24) is 14.9 Å². The molecule has 1 spiro atoms. The van der Waals surface area contributed by atoms with Crippen LogP contribution in [0.5, 0.6) is 17.2 Å². The molecule has 0 radical (unpaired) electrons. The van der Waals surface area contributed by atoms with E-state index >= 15 is 0 Å². The molecule has 5 rings (SSSR count). The second kappa shape index (κ2) is 10.2. The van der Waals surface area contributed by atoms with Gasteiger partial charge in [0.05, 0.1) is 19.4 Å². The summed E-state index contributed by atoms with van der Waals surface area (Å²) < 4.78 is 16.6. The molecule has 1 aromatic heterocycles. The number of ether oxygens (including phenoxy) is 3. The maximum absolute atomic E-state index is 10.6. The Bertz CT molecular complexity index is 936. The Balaban J connectivity index is 0.000000821. The molecule has 3 aliphatic rings. The van der Waals surface area contributed by atoms with Crippen molar-refractivity contribution in [3.05, 3.63) is 36.3 Å². The number of hydrogen-bond donors (Lipinski definition) is 2. The third kappa shape index (κ3) is 5.28. The summed E-state index contributed by atoms with van der Waals surface area (Å²) in [4.78, 5) is 21.6. The number of anilines is 1. The molecular formula is C23H30N4O6. The number of carboxylic acid groups (broad SMARTS) is 1. The zero-order valence-electron chi connectivity index (χ0n) is 18.7. The standard InChI is InChI=1S/C22H28N4O4.CH2O2/c1-28-18-9-20-19(29-15-30-20)8-16(18)12-25-6-2-22(3-7-25)10-17(27)13-26(14-22)21-11-23-4-5-24-21;2-1-3/h4-5,8-9,11,17,27H,2-3,6-7,10,12-15H2,1H3;1H,(H,2,3). The van der Waals surface area contributed by atoms with E-state index in [4.69, 9.17) is 24.1 Å². The molecule has 1 aromatic carbocycles. The minimum atomic E-state index is -0.332. The summed E-state index contributed by atoms with van der Waals surface area (Å²) in [6, 6.07) is 3.95. The van der Waals surface area contributed by atoms with E-state index in [1.54, 1.807) is 25.7 Å². The van der Waals surface area contributed by atoms with Gasteiger partial charge < -0.3 is 29.3 Å². The van der Waals surface area contributed by atoms with Gasteiger partial charge in [0, 0.05) is 43.7 Å². The highest BCUT2D eigenvalue weighted by molar-refractivity contribution is 5.51. The van der Waals surface area contributed by atoms with Crippen molar-refractivity contribution in [2.24, 2.45) is 5.41 Å². The van der Waals surface area contributed by atoms with Crippen molar-refractivity contribution in [1.29, 1.82) is 0 Å². The van der Waals surface area contributed by atoms with Crippen LogP contribution in [0.4, 0.5) is 5.82 Å². The molecule has 2 aromatic rings. The summed E-state index contributed by atoms with van der Waals surface area (Å²) in [5, 5.41) is 17.5. The number of aromatic nitrogens is 2. The van der Waals surface area contributed by atoms with E-state index in [0.717, 1.165) is 74.1 Å². The summed E-state index contributed by atoms with van der Waals surface area (Å²) >= 11 is 0. The number of benzene rings is 1. The number of aliphatic hydroxyl groups excluding tert-OH is 1. The molecule has 33 heavy (non-hydrogen) atoms. The lowest BCUT2D eigenvalue weighted by atomic mass is 9.71. The minimum Gasteiger partial charge on any atom is -0.496 e. The summed E-state index contributed by atoms with van der Waals surface area (Å²) in [5.41, 5.74) is 1.23. The highest BCUT2D eigenvalue weighted by Gasteiger charge is 2.42. The fourth-order valence-electron chi connectivity index (χ4n) is 5.05. The quantitative estimate of drug-likeness (QED) is 0.656. The first-order chi connectivity index (χ1) is 16.1. The van der Waals surface area contributed by atoms with Crippen LogP contribution < -0.4 is 19.1 Å². The van der Waals surface area contributed by atoms with Gasteiger partial charge in [0.2, 0.25) is 6.79 Å². The molecule has 10 nitrogen and oxygen atoms in total. The molecule has 2 fully saturated rings. The Morgan fingerprint density at radius 3 is 2.64 bits per heavy atom. The normalized spacial score (nSPS) is 21.3. The van der Waals surface area contributed by atoms with Crippen molar-refractivity contribution in [3.63, 3.8) is 0 Å². The maximum atomic E-state index is 10.6. The Morgan fingerprint density at radius 2 is 1.97 bits per heavy atom. The Hall–Kier alpha value is -3.11. The van der Waals surface area contributed by atoms with Crippen LogP contribution in [0.15, 0.2) is 30.7 Å². The number of hydrogen-bond acceptors (Lipinski definition) is 9. The molecule has 4 heterocycles. The molecule has 1 atom stereocenters. The number of rotatable bonds is 4. The van der Waals surface area contributed by atoms with E-state index in [0.29, 0.717) is 6.54 Å². The predicted octanol–water partition coefficient (Wildman–Crippen LogP) is 1.77. The Kier molecular flexibility index (Phi) is 7.14. The van der Waals surface area contributed by atoms with Crippen molar-refractivity contribution >= 4 is 12.3 Å². The second-order valence-electron chi connectivity index (χ2n) is 8.70. The summed E-state index contributed by atoms with van der Waals surface area (Å²) in [5.74, 6) is 3.22. The van der Waals surface area contributed by atoms with Crippen LogP contribution in [-0.4, -0.2) is 77.7 Å². The van der Waals surface area contributed by atoms with Gasteiger partial charge >= 0.3 is 0 Å². The molecule has 0 aliphatic carbocycles. The molecule has 0 amide bonds. The van der Waals surface area contributed by atoms with Crippen LogP contribution in [0, 0.1) is 5.41 Å². The Labute approximate surface area is 192 Å². The summed E-state index contributed by atoms with van der Waals surface area (Å²) in [6.45, 7) is 4.34. The van der Waals surface area contributed by atoms with E-state index in [1.807, 2.05) is 12.1 Å². The SMILES string of the molecule is COc1cc2c(cc1CN1CCC3(CC1)CC(O)CN(c1cnccn1)C3)OCO2.O=CO. The van der Waals surface area contributed by atoms with Crippen molar-refractivity contribution in [2.75, 3.05) is 45.0 Å². The van der Waals surface area contributed by atoms with Gasteiger partial charge in [-0.3, -0.25) is 14.7 Å². The average Bonchev–Trinajstić information content (AvgIpc) is 3.28. The molecule has 2 N–H and O–H groups in total. The topological polar surface area (TPSA) is 117 Å². The summed E-state index contributed by atoms with van der Waals surface area (Å²) in [7, 11) is 1.69. The maximum Gasteiger partial charge on any atom is 0.290 e. The van der Waals surface area contributed by atoms with Crippen molar-refractivity contribution in [2.45, 2.75) is 31.9 Å². The largest absolute Gasteiger partial charge is 0.496 e. The van der Waals surface area contributed by atoms with Crippen LogP contribution >= 0.6 is 0 Å².